The summed E-state index contributed by atoms with van der Waals surface area (Å²) in [6, 6.07) is 5.49. The number of benzene rings is 1. The highest BCUT2D eigenvalue weighted by Gasteiger charge is 1.98. The van der Waals surface area contributed by atoms with E-state index < -0.39 is 0 Å². The summed E-state index contributed by atoms with van der Waals surface area (Å²) in [7, 11) is 0. The molecule has 1 aromatic rings. The number of hydrogen-bond acceptors (Lipinski definition) is 2. The van der Waals surface area contributed by atoms with Gasteiger partial charge in [0.2, 0.25) is 0 Å². The number of carbonyl (C=O) groups is 1. The Morgan fingerprint density at radius 1 is 1.50 bits per heavy atom. The van der Waals surface area contributed by atoms with Crippen LogP contribution in [0.25, 0.3) is 0 Å². The lowest BCUT2D eigenvalue weighted by Crippen LogP contribution is -1.87. The molecule has 0 aliphatic heterocycles. The molecule has 1 nitrogen and oxygen atoms in total. The molecule has 0 N–H and O–H groups in total. The van der Waals surface area contributed by atoms with Crippen molar-refractivity contribution in [3.8, 4) is 0 Å². The van der Waals surface area contributed by atoms with Crippen LogP contribution in [0.1, 0.15) is 12.0 Å². The first-order valence-corrected chi connectivity index (χ1v) is 4.47. The second-order valence-electron chi connectivity index (χ2n) is 2.48. The molecule has 0 aliphatic rings. The van der Waals surface area contributed by atoms with Crippen molar-refractivity contribution >= 4 is 30.5 Å². The van der Waals surface area contributed by atoms with Gasteiger partial charge in [-0.15, -0.1) is 12.6 Å². The largest absolute Gasteiger partial charge is 0.303 e. The van der Waals surface area contributed by atoms with E-state index in [4.69, 9.17) is 11.6 Å². The van der Waals surface area contributed by atoms with Gasteiger partial charge in [-0.05, 0) is 24.1 Å². The minimum Gasteiger partial charge on any atom is -0.303 e. The van der Waals surface area contributed by atoms with E-state index in [0.717, 1.165) is 23.2 Å². The summed E-state index contributed by atoms with van der Waals surface area (Å²) >= 11 is 9.97. The van der Waals surface area contributed by atoms with Crippen molar-refractivity contribution in [3.05, 3.63) is 28.8 Å². The first-order chi connectivity index (χ1) is 5.74. The van der Waals surface area contributed by atoms with E-state index in [9.17, 15) is 4.79 Å². The number of aryl methyl sites for hydroxylation is 1. The summed E-state index contributed by atoms with van der Waals surface area (Å²) in [5.41, 5.74) is 1.06. The van der Waals surface area contributed by atoms with Crippen molar-refractivity contribution in [3.63, 3.8) is 0 Å². The molecule has 0 unspecified atom stereocenters. The van der Waals surface area contributed by atoms with Gasteiger partial charge in [0, 0.05) is 16.3 Å². The lowest BCUT2D eigenvalue weighted by Gasteiger charge is -2.02. The molecule has 0 saturated carbocycles. The molecule has 1 rings (SSSR count). The normalized spacial score (nSPS) is 9.83. The van der Waals surface area contributed by atoms with Crippen LogP contribution in [0.15, 0.2) is 23.1 Å². The highest BCUT2D eigenvalue weighted by atomic mass is 35.5. The van der Waals surface area contributed by atoms with E-state index in [2.05, 4.69) is 12.6 Å². The first kappa shape index (κ1) is 9.62. The Balaban J connectivity index is 2.78. The maximum atomic E-state index is 10.1. The van der Waals surface area contributed by atoms with E-state index in [1.807, 2.05) is 6.07 Å². The Bertz CT molecular complexity index is 286. The third-order valence-electron chi connectivity index (χ3n) is 1.58. The molecule has 64 valence electrons. The van der Waals surface area contributed by atoms with Crippen LogP contribution >= 0.6 is 24.2 Å². The summed E-state index contributed by atoms with van der Waals surface area (Å²) in [4.78, 5) is 11.0. The lowest BCUT2D eigenvalue weighted by atomic mass is 10.1. The molecule has 0 radical (unpaired) electrons. The van der Waals surface area contributed by atoms with Crippen LogP contribution in [0.4, 0.5) is 0 Å². The topological polar surface area (TPSA) is 17.1 Å². The van der Waals surface area contributed by atoms with Gasteiger partial charge in [-0.2, -0.15) is 0 Å². The molecule has 0 spiro atoms. The maximum Gasteiger partial charge on any atom is 0.120 e. The van der Waals surface area contributed by atoms with Crippen LogP contribution in [-0.4, -0.2) is 6.29 Å². The van der Waals surface area contributed by atoms with Gasteiger partial charge in [0.15, 0.2) is 0 Å². The molecule has 0 atom stereocenters. The summed E-state index contributed by atoms with van der Waals surface area (Å²) in [5, 5.41) is 0.676. The molecule has 1 aromatic carbocycles. The van der Waals surface area contributed by atoms with Gasteiger partial charge in [-0.1, -0.05) is 17.7 Å². The zero-order valence-corrected chi connectivity index (χ0v) is 8.11. The lowest BCUT2D eigenvalue weighted by molar-refractivity contribution is -0.107. The van der Waals surface area contributed by atoms with Gasteiger partial charge < -0.3 is 4.79 Å². The smallest absolute Gasteiger partial charge is 0.120 e. The fourth-order valence-electron chi connectivity index (χ4n) is 0.963. The van der Waals surface area contributed by atoms with Gasteiger partial charge in [0.25, 0.3) is 0 Å². The van der Waals surface area contributed by atoms with E-state index in [-0.39, 0.29) is 0 Å². The van der Waals surface area contributed by atoms with Gasteiger partial charge in [-0.3, -0.25) is 0 Å². The van der Waals surface area contributed by atoms with E-state index in [1.165, 1.54) is 0 Å². The van der Waals surface area contributed by atoms with Crippen LogP contribution in [0.3, 0.4) is 0 Å². The third kappa shape index (κ3) is 2.54. The summed E-state index contributed by atoms with van der Waals surface area (Å²) in [6.45, 7) is 0. The van der Waals surface area contributed by atoms with Gasteiger partial charge in [0.1, 0.15) is 6.29 Å². The van der Waals surface area contributed by atoms with Gasteiger partial charge in [-0.25, -0.2) is 0 Å². The zero-order chi connectivity index (χ0) is 8.97. The monoisotopic (exact) mass is 200 g/mol. The summed E-state index contributed by atoms with van der Waals surface area (Å²) in [5.74, 6) is 0. The molecule has 0 amide bonds. The van der Waals surface area contributed by atoms with Crippen LogP contribution in [0.2, 0.25) is 5.02 Å². The predicted octanol–water partition coefficient (Wildman–Crippen LogP) is 2.76. The molecular weight excluding hydrogens is 192 g/mol. The number of thiol groups is 1. The quantitative estimate of drug-likeness (QED) is 0.587. The number of carbonyl (C=O) groups excluding carboxylic acids is 1. The Morgan fingerprint density at radius 2 is 2.25 bits per heavy atom. The van der Waals surface area contributed by atoms with Crippen LogP contribution < -0.4 is 0 Å². The van der Waals surface area contributed by atoms with Gasteiger partial charge in [0.05, 0.1) is 0 Å². The minimum absolute atomic E-state index is 0.537. The van der Waals surface area contributed by atoms with Crippen molar-refractivity contribution in [2.75, 3.05) is 0 Å². The van der Waals surface area contributed by atoms with E-state index >= 15 is 0 Å². The molecule has 0 saturated heterocycles. The molecule has 0 fully saturated rings. The Morgan fingerprint density at radius 3 is 2.83 bits per heavy atom. The van der Waals surface area contributed by atoms with Crippen molar-refractivity contribution in [1.82, 2.24) is 0 Å². The average molecular weight is 201 g/mol. The number of hydrogen-bond donors (Lipinski definition) is 1. The molecule has 12 heavy (non-hydrogen) atoms. The zero-order valence-electron chi connectivity index (χ0n) is 6.46. The standard InChI is InChI=1S/C9H9ClOS/c10-8-4-3-7(2-1-5-11)9(12)6-8/h3-6,12H,1-2H2. The number of halogens is 1. The van der Waals surface area contributed by atoms with E-state index in [1.54, 1.807) is 12.1 Å². The molecule has 0 aromatic heterocycles. The highest BCUT2D eigenvalue weighted by Crippen LogP contribution is 2.20. The number of rotatable bonds is 3. The van der Waals surface area contributed by atoms with Crippen LogP contribution in [-0.2, 0) is 11.2 Å². The Labute approximate surface area is 82.1 Å². The third-order valence-corrected chi connectivity index (χ3v) is 2.23. The maximum absolute atomic E-state index is 10.1. The molecular formula is C9H9ClOS. The SMILES string of the molecule is O=CCCc1ccc(Cl)cc1S. The summed E-state index contributed by atoms with van der Waals surface area (Å²) in [6.07, 6.45) is 2.18. The second-order valence-corrected chi connectivity index (χ2v) is 3.40. The van der Waals surface area contributed by atoms with Crippen LogP contribution in [0.5, 0.6) is 0 Å². The molecule has 0 bridgehead atoms. The fourth-order valence-corrected chi connectivity index (χ4v) is 1.54. The second kappa shape index (κ2) is 4.53. The van der Waals surface area contributed by atoms with Crippen molar-refractivity contribution in [2.45, 2.75) is 17.7 Å². The van der Waals surface area contributed by atoms with Crippen molar-refractivity contribution in [1.29, 1.82) is 0 Å². The van der Waals surface area contributed by atoms with Crippen molar-refractivity contribution < 1.29 is 4.79 Å². The molecule has 3 heteroatoms. The Kier molecular flexibility index (Phi) is 3.63. The number of aldehydes is 1. The van der Waals surface area contributed by atoms with Crippen LogP contribution in [0, 0.1) is 0 Å². The molecule has 0 aliphatic carbocycles. The predicted molar refractivity (Wildman–Crippen MR) is 53.1 cm³/mol. The average Bonchev–Trinajstić information content (AvgIpc) is 2.03. The van der Waals surface area contributed by atoms with E-state index in [0.29, 0.717) is 11.4 Å². The minimum atomic E-state index is 0.537. The van der Waals surface area contributed by atoms with Gasteiger partial charge >= 0.3 is 0 Å². The van der Waals surface area contributed by atoms with Crippen molar-refractivity contribution in [2.24, 2.45) is 0 Å². The highest BCUT2D eigenvalue weighted by molar-refractivity contribution is 7.80. The molecule has 0 heterocycles. The fraction of sp³-hybridized carbons (Fsp3) is 0.222. The summed E-state index contributed by atoms with van der Waals surface area (Å²) < 4.78 is 0. The first-order valence-electron chi connectivity index (χ1n) is 3.65. The Hall–Kier alpha value is -0.470.